The predicted octanol–water partition coefficient (Wildman–Crippen LogP) is 4.28. The summed E-state index contributed by atoms with van der Waals surface area (Å²) in [6.07, 6.45) is 0.495. The van der Waals surface area contributed by atoms with Crippen LogP contribution in [0.15, 0.2) is 47.5 Å². The molecule has 7 heteroatoms. The number of amides is 1. The topological polar surface area (TPSA) is 69.9 Å². The summed E-state index contributed by atoms with van der Waals surface area (Å²) in [5.74, 6) is -0.0986. The minimum Gasteiger partial charge on any atom is -0.495 e. The van der Waals surface area contributed by atoms with Gasteiger partial charge in [0, 0.05) is 5.56 Å². The minimum absolute atomic E-state index is 0.282. The molecule has 0 N–H and O–H groups in total. The summed E-state index contributed by atoms with van der Waals surface area (Å²) in [7, 11) is 1.58. The minimum atomic E-state index is -0.607. The number of para-hydroxylation sites is 1. The van der Waals surface area contributed by atoms with Crippen LogP contribution in [0.25, 0.3) is 10.2 Å². The maximum absolute atomic E-state index is 12.8. The zero-order valence-electron chi connectivity index (χ0n) is 17.0. The fourth-order valence-electron chi connectivity index (χ4n) is 3.14. The summed E-state index contributed by atoms with van der Waals surface area (Å²) < 4.78 is 13.4. The zero-order valence-corrected chi connectivity index (χ0v) is 17.8. The second-order valence-corrected chi connectivity index (χ2v) is 7.53. The fraction of sp³-hybridized carbons (Fsp3) is 0.318. The number of hydrogen-bond donors (Lipinski definition) is 0. The van der Waals surface area contributed by atoms with Crippen LogP contribution in [0.5, 0.6) is 5.75 Å². The SMILES string of the molecule is CCOC(=O)C(CC)n1c(=NC(=O)c2ccc(C)cc2)sc2cccc(OC)c21. The lowest BCUT2D eigenvalue weighted by Gasteiger charge is -2.17. The number of aryl methyl sites for hydroxylation is 1. The predicted molar refractivity (Wildman–Crippen MR) is 113 cm³/mol. The van der Waals surface area contributed by atoms with E-state index in [-0.39, 0.29) is 18.5 Å². The molecule has 1 unspecified atom stereocenters. The number of aromatic nitrogens is 1. The standard InChI is InChI=1S/C22H24N2O4S/c1-5-16(21(26)28-6-2)24-19-17(27-4)8-7-9-18(19)29-22(24)23-20(25)15-12-10-14(3)11-13-15/h7-13,16H,5-6H2,1-4H3. The lowest BCUT2D eigenvalue weighted by Crippen LogP contribution is -2.29. The number of ether oxygens (including phenoxy) is 2. The number of methoxy groups -OCH3 is 1. The summed E-state index contributed by atoms with van der Waals surface area (Å²) >= 11 is 1.35. The molecule has 3 rings (SSSR count). The monoisotopic (exact) mass is 412 g/mol. The quantitative estimate of drug-likeness (QED) is 0.567. The lowest BCUT2D eigenvalue weighted by atomic mass is 10.1. The van der Waals surface area contributed by atoms with E-state index < -0.39 is 6.04 Å². The van der Waals surface area contributed by atoms with Crippen molar-refractivity contribution >= 4 is 33.4 Å². The normalized spacial score (nSPS) is 12.8. The summed E-state index contributed by atoms with van der Waals surface area (Å²) in [4.78, 5) is 30.3. The van der Waals surface area contributed by atoms with E-state index in [0.717, 1.165) is 15.8 Å². The van der Waals surface area contributed by atoms with Crippen LogP contribution in [0.1, 0.15) is 42.2 Å². The molecule has 0 bridgehead atoms. The van der Waals surface area contributed by atoms with Crippen LogP contribution in [0, 0.1) is 6.92 Å². The van der Waals surface area contributed by atoms with E-state index in [0.29, 0.717) is 22.5 Å². The van der Waals surface area contributed by atoms with Crippen molar-refractivity contribution in [3.8, 4) is 5.75 Å². The number of carbonyl (C=O) groups is 2. The molecule has 0 saturated carbocycles. The molecule has 1 atom stereocenters. The maximum Gasteiger partial charge on any atom is 0.329 e. The Labute approximate surface area is 173 Å². The number of hydrogen-bond acceptors (Lipinski definition) is 5. The summed E-state index contributed by atoms with van der Waals surface area (Å²) in [6.45, 7) is 5.92. The van der Waals surface area contributed by atoms with Gasteiger partial charge >= 0.3 is 5.97 Å². The molecule has 29 heavy (non-hydrogen) atoms. The molecule has 152 valence electrons. The van der Waals surface area contributed by atoms with E-state index in [1.165, 1.54) is 11.3 Å². The number of carbonyl (C=O) groups excluding carboxylic acids is 2. The van der Waals surface area contributed by atoms with Gasteiger partial charge in [-0.25, -0.2) is 4.79 Å². The number of esters is 1. The van der Waals surface area contributed by atoms with E-state index in [2.05, 4.69) is 4.99 Å². The van der Waals surface area contributed by atoms with Crippen LogP contribution in [0.2, 0.25) is 0 Å². The second-order valence-electron chi connectivity index (χ2n) is 6.52. The van der Waals surface area contributed by atoms with E-state index >= 15 is 0 Å². The van der Waals surface area contributed by atoms with Crippen molar-refractivity contribution < 1.29 is 19.1 Å². The van der Waals surface area contributed by atoms with Gasteiger partial charge in [-0.1, -0.05) is 42.0 Å². The van der Waals surface area contributed by atoms with Gasteiger partial charge in [-0.05, 0) is 44.5 Å². The van der Waals surface area contributed by atoms with Gasteiger partial charge in [0.2, 0.25) is 0 Å². The van der Waals surface area contributed by atoms with Crippen molar-refractivity contribution in [2.45, 2.75) is 33.2 Å². The van der Waals surface area contributed by atoms with Crippen molar-refractivity contribution in [2.24, 2.45) is 4.99 Å². The Morgan fingerprint density at radius 3 is 2.48 bits per heavy atom. The highest BCUT2D eigenvalue weighted by Crippen LogP contribution is 2.31. The maximum atomic E-state index is 12.8. The van der Waals surface area contributed by atoms with Crippen LogP contribution in [-0.4, -0.2) is 30.2 Å². The van der Waals surface area contributed by atoms with Crippen molar-refractivity contribution in [3.63, 3.8) is 0 Å². The Kier molecular flexibility index (Phi) is 6.49. The van der Waals surface area contributed by atoms with Crippen molar-refractivity contribution in [3.05, 3.63) is 58.4 Å². The molecule has 1 amide bonds. The molecular formula is C22H24N2O4S. The van der Waals surface area contributed by atoms with Gasteiger partial charge in [0.05, 0.1) is 18.4 Å². The van der Waals surface area contributed by atoms with Gasteiger partial charge in [-0.15, -0.1) is 0 Å². The highest BCUT2D eigenvalue weighted by molar-refractivity contribution is 7.16. The summed E-state index contributed by atoms with van der Waals surface area (Å²) in [5, 5.41) is 0. The van der Waals surface area contributed by atoms with Crippen molar-refractivity contribution in [2.75, 3.05) is 13.7 Å². The first kappa shape index (κ1) is 20.8. The molecule has 0 saturated heterocycles. The molecule has 0 aliphatic carbocycles. The smallest absolute Gasteiger partial charge is 0.329 e. The number of nitrogens with zero attached hydrogens (tertiary/aromatic N) is 2. The van der Waals surface area contributed by atoms with E-state index in [4.69, 9.17) is 9.47 Å². The highest BCUT2D eigenvalue weighted by atomic mass is 32.1. The fourth-order valence-corrected chi connectivity index (χ4v) is 4.22. The molecular weight excluding hydrogens is 388 g/mol. The van der Waals surface area contributed by atoms with Crippen LogP contribution >= 0.6 is 11.3 Å². The molecule has 0 aliphatic rings. The zero-order chi connectivity index (χ0) is 21.0. The van der Waals surface area contributed by atoms with Gasteiger partial charge in [0.25, 0.3) is 5.91 Å². The summed E-state index contributed by atoms with van der Waals surface area (Å²) in [6, 6.07) is 12.3. The first-order chi connectivity index (χ1) is 14.0. The number of fused-ring (bicyclic) bond motifs is 1. The number of thiazole rings is 1. The van der Waals surface area contributed by atoms with Crippen LogP contribution < -0.4 is 9.54 Å². The number of rotatable bonds is 6. The Morgan fingerprint density at radius 1 is 1.14 bits per heavy atom. The molecule has 3 aromatic rings. The number of benzene rings is 2. The van der Waals surface area contributed by atoms with Gasteiger partial charge < -0.3 is 9.47 Å². The first-order valence-electron chi connectivity index (χ1n) is 9.50. The molecule has 0 radical (unpaired) electrons. The molecule has 1 aromatic heterocycles. The molecule has 1 heterocycles. The van der Waals surface area contributed by atoms with Crippen molar-refractivity contribution in [1.29, 1.82) is 0 Å². The van der Waals surface area contributed by atoms with Gasteiger partial charge in [-0.3, -0.25) is 9.36 Å². The van der Waals surface area contributed by atoms with E-state index in [1.807, 2.05) is 44.2 Å². The third-order valence-corrected chi connectivity index (χ3v) is 5.60. The third-order valence-electron chi connectivity index (χ3n) is 4.58. The Morgan fingerprint density at radius 2 is 1.86 bits per heavy atom. The Balaban J connectivity index is 2.24. The average Bonchev–Trinajstić information content (AvgIpc) is 3.07. The van der Waals surface area contributed by atoms with E-state index in [1.54, 1.807) is 30.7 Å². The molecule has 0 spiro atoms. The lowest BCUT2D eigenvalue weighted by molar-refractivity contribution is -0.147. The molecule has 6 nitrogen and oxygen atoms in total. The second kappa shape index (κ2) is 9.05. The average molecular weight is 413 g/mol. The van der Waals surface area contributed by atoms with Gasteiger partial charge in [0.1, 0.15) is 17.3 Å². The molecule has 0 aliphatic heterocycles. The third kappa shape index (κ3) is 4.24. The van der Waals surface area contributed by atoms with Crippen LogP contribution in [-0.2, 0) is 9.53 Å². The molecule has 2 aromatic carbocycles. The van der Waals surface area contributed by atoms with Crippen LogP contribution in [0.3, 0.4) is 0 Å². The van der Waals surface area contributed by atoms with Gasteiger partial charge in [-0.2, -0.15) is 4.99 Å². The largest absolute Gasteiger partial charge is 0.495 e. The van der Waals surface area contributed by atoms with E-state index in [9.17, 15) is 9.59 Å². The first-order valence-corrected chi connectivity index (χ1v) is 10.3. The molecule has 0 fully saturated rings. The Hall–Kier alpha value is -2.93. The van der Waals surface area contributed by atoms with Gasteiger partial charge in [0.15, 0.2) is 4.80 Å². The van der Waals surface area contributed by atoms with Crippen molar-refractivity contribution in [1.82, 2.24) is 4.57 Å². The summed E-state index contributed by atoms with van der Waals surface area (Å²) in [5.41, 5.74) is 2.29. The Bertz CT molecular complexity index is 1100. The van der Waals surface area contributed by atoms with Crippen LogP contribution in [0.4, 0.5) is 0 Å². The highest BCUT2D eigenvalue weighted by Gasteiger charge is 2.25.